The van der Waals surface area contributed by atoms with Crippen LogP contribution in [-0.4, -0.2) is 40.2 Å². The molecule has 0 spiro atoms. The molecule has 148 valence electrons. The lowest BCUT2D eigenvalue weighted by Crippen LogP contribution is -2.62. The van der Waals surface area contributed by atoms with Gasteiger partial charge in [0.15, 0.2) is 6.61 Å². The van der Waals surface area contributed by atoms with Gasteiger partial charge in [-0.05, 0) is 62.3 Å². The van der Waals surface area contributed by atoms with Crippen LogP contribution in [0.5, 0.6) is 5.75 Å². The molecule has 1 saturated carbocycles. The van der Waals surface area contributed by atoms with E-state index in [4.69, 9.17) is 4.74 Å². The molecule has 3 atom stereocenters. The Kier molecular flexibility index (Phi) is 4.96. The van der Waals surface area contributed by atoms with E-state index in [-0.39, 0.29) is 23.1 Å². The molecule has 3 rings (SSSR count). The van der Waals surface area contributed by atoms with Gasteiger partial charge < -0.3 is 9.84 Å². The summed E-state index contributed by atoms with van der Waals surface area (Å²) in [6, 6.07) is 5.14. The van der Waals surface area contributed by atoms with E-state index in [1.54, 1.807) is 18.2 Å². The molecule has 8 heteroatoms. The summed E-state index contributed by atoms with van der Waals surface area (Å²) < 4.78 is 46.6. The third-order valence-electron chi connectivity index (χ3n) is 5.46. The highest BCUT2D eigenvalue weighted by molar-refractivity contribution is 5.93. The SMILES string of the molecule is Cc1ccc(OCC(=O)N2N=C3CCC(C)CC3C2(O)C(F)(F)F)cc1C. The Balaban J connectivity index is 1.81. The minimum atomic E-state index is -5.02. The Hall–Kier alpha value is -2.09. The summed E-state index contributed by atoms with van der Waals surface area (Å²) in [4.78, 5) is 12.5. The van der Waals surface area contributed by atoms with Crippen molar-refractivity contribution in [1.82, 2.24) is 5.01 Å². The van der Waals surface area contributed by atoms with Crippen molar-refractivity contribution < 1.29 is 27.8 Å². The van der Waals surface area contributed by atoms with E-state index in [9.17, 15) is 23.1 Å². The molecule has 1 fully saturated rings. The number of aryl methyl sites for hydroxylation is 2. The van der Waals surface area contributed by atoms with Gasteiger partial charge in [-0.25, -0.2) is 0 Å². The number of aliphatic hydroxyl groups is 1. The highest BCUT2D eigenvalue weighted by atomic mass is 19.4. The summed E-state index contributed by atoms with van der Waals surface area (Å²) >= 11 is 0. The lowest BCUT2D eigenvalue weighted by atomic mass is 9.76. The number of halogens is 3. The van der Waals surface area contributed by atoms with Crippen LogP contribution in [0.2, 0.25) is 0 Å². The molecule has 0 aromatic heterocycles. The predicted molar refractivity (Wildman–Crippen MR) is 93.2 cm³/mol. The first kappa shape index (κ1) is 19.7. The molecule has 0 saturated heterocycles. The number of rotatable bonds is 3. The van der Waals surface area contributed by atoms with Gasteiger partial charge in [0, 0.05) is 5.71 Å². The standard InChI is InChI=1S/C19H23F3N2O3/c1-11-4-7-16-15(8-11)18(26,19(20,21)22)24(23-16)17(25)10-27-14-6-5-12(2)13(3)9-14/h5-6,9,11,15,26H,4,7-8,10H2,1-3H3. The molecule has 1 aromatic rings. The fraction of sp³-hybridized carbons (Fsp3) is 0.579. The Morgan fingerprint density at radius 2 is 2.07 bits per heavy atom. The van der Waals surface area contributed by atoms with Gasteiger partial charge in [0.05, 0.1) is 5.92 Å². The molecule has 1 aromatic carbocycles. The number of hydrogen-bond acceptors (Lipinski definition) is 4. The number of hydrazone groups is 1. The van der Waals surface area contributed by atoms with Crippen LogP contribution >= 0.6 is 0 Å². The second-order valence-corrected chi connectivity index (χ2v) is 7.49. The normalized spacial score (nSPS) is 28.0. The van der Waals surface area contributed by atoms with E-state index in [0.717, 1.165) is 11.1 Å². The fourth-order valence-corrected chi connectivity index (χ4v) is 3.67. The molecular weight excluding hydrogens is 361 g/mol. The summed E-state index contributed by atoms with van der Waals surface area (Å²) in [7, 11) is 0. The summed E-state index contributed by atoms with van der Waals surface area (Å²) in [5, 5.41) is 14.6. The highest BCUT2D eigenvalue weighted by Crippen LogP contribution is 2.49. The van der Waals surface area contributed by atoms with Crippen molar-refractivity contribution in [3.05, 3.63) is 29.3 Å². The summed E-state index contributed by atoms with van der Waals surface area (Å²) in [5.41, 5.74) is -1.12. The van der Waals surface area contributed by atoms with Crippen LogP contribution in [0.1, 0.15) is 37.3 Å². The summed E-state index contributed by atoms with van der Waals surface area (Å²) in [6.07, 6.45) is -3.86. The zero-order chi connectivity index (χ0) is 20.0. The number of amides is 1. The maximum atomic E-state index is 13.8. The second kappa shape index (κ2) is 6.82. The fourth-order valence-electron chi connectivity index (χ4n) is 3.67. The highest BCUT2D eigenvalue weighted by Gasteiger charge is 2.68. The first-order valence-corrected chi connectivity index (χ1v) is 8.93. The molecule has 5 nitrogen and oxygen atoms in total. The lowest BCUT2D eigenvalue weighted by Gasteiger charge is -2.39. The predicted octanol–water partition coefficient (Wildman–Crippen LogP) is 3.57. The molecule has 0 bridgehead atoms. The molecule has 1 aliphatic carbocycles. The zero-order valence-corrected chi connectivity index (χ0v) is 15.5. The quantitative estimate of drug-likeness (QED) is 0.867. The van der Waals surface area contributed by atoms with Gasteiger partial charge in [0.25, 0.3) is 11.6 Å². The maximum Gasteiger partial charge on any atom is 0.439 e. The minimum Gasteiger partial charge on any atom is -0.484 e. The zero-order valence-electron chi connectivity index (χ0n) is 15.5. The molecule has 1 amide bonds. The number of nitrogens with zero attached hydrogens (tertiary/aromatic N) is 2. The van der Waals surface area contributed by atoms with Crippen molar-refractivity contribution in [1.29, 1.82) is 0 Å². The van der Waals surface area contributed by atoms with Crippen molar-refractivity contribution in [3.8, 4) is 5.75 Å². The Labute approximate surface area is 155 Å². The number of ether oxygens (including phenoxy) is 1. The number of carbonyl (C=O) groups is 1. The number of benzene rings is 1. The van der Waals surface area contributed by atoms with Crippen LogP contribution in [0, 0.1) is 25.7 Å². The molecular formula is C19H23F3N2O3. The summed E-state index contributed by atoms with van der Waals surface area (Å²) in [6.45, 7) is 4.97. The van der Waals surface area contributed by atoms with Crippen LogP contribution in [0.4, 0.5) is 13.2 Å². The number of hydrogen-bond donors (Lipinski definition) is 1. The van der Waals surface area contributed by atoms with Gasteiger partial charge in [-0.3, -0.25) is 4.79 Å². The first-order valence-electron chi connectivity index (χ1n) is 8.93. The topological polar surface area (TPSA) is 62.1 Å². The number of alkyl halides is 3. The van der Waals surface area contributed by atoms with Gasteiger partial charge in [0.1, 0.15) is 5.75 Å². The van der Waals surface area contributed by atoms with Gasteiger partial charge >= 0.3 is 6.18 Å². The molecule has 1 heterocycles. The van der Waals surface area contributed by atoms with Gasteiger partial charge in [-0.2, -0.15) is 23.3 Å². The Morgan fingerprint density at radius 1 is 1.37 bits per heavy atom. The van der Waals surface area contributed by atoms with Crippen LogP contribution in [0.15, 0.2) is 23.3 Å². The van der Waals surface area contributed by atoms with Crippen molar-refractivity contribution in [2.24, 2.45) is 16.9 Å². The average Bonchev–Trinajstić information content (AvgIpc) is 2.89. The smallest absolute Gasteiger partial charge is 0.439 e. The van der Waals surface area contributed by atoms with Crippen LogP contribution < -0.4 is 4.74 Å². The van der Waals surface area contributed by atoms with E-state index in [1.807, 2.05) is 20.8 Å². The monoisotopic (exact) mass is 384 g/mol. The molecule has 1 aliphatic heterocycles. The Bertz CT molecular complexity index is 778. The molecule has 1 N–H and O–H groups in total. The average molecular weight is 384 g/mol. The molecule has 3 unspecified atom stereocenters. The van der Waals surface area contributed by atoms with Crippen LogP contribution in [0.25, 0.3) is 0 Å². The van der Waals surface area contributed by atoms with Crippen LogP contribution in [-0.2, 0) is 4.79 Å². The van der Waals surface area contributed by atoms with Gasteiger partial charge in [-0.1, -0.05) is 13.0 Å². The van der Waals surface area contributed by atoms with E-state index in [2.05, 4.69) is 5.10 Å². The largest absolute Gasteiger partial charge is 0.484 e. The lowest BCUT2D eigenvalue weighted by molar-refractivity contribution is -0.318. The minimum absolute atomic E-state index is 0.0182. The molecule has 27 heavy (non-hydrogen) atoms. The summed E-state index contributed by atoms with van der Waals surface area (Å²) in [5.74, 6) is -1.86. The van der Waals surface area contributed by atoms with Crippen molar-refractivity contribution in [2.75, 3.05) is 6.61 Å². The molecule has 0 radical (unpaired) electrons. The van der Waals surface area contributed by atoms with Gasteiger partial charge in [-0.15, -0.1) is 0 Å². The van der Waals surface area contributed by atoms with Crippen LogP contribution in [0.3, 0.4) is 0 Å². The van der Waals surface area contributed by atoms with Crippen molar-refractivity contribution >= 4 is 11.6 Å². The third kappa shape index (κ3) is 3.42. The molecule has 2 aliphatic rings. The van der Waals surface area contributed by atoms with E-state index >= 15 is 0 Å². The number of carbonyl (C=O) groups excluding carboxylic acids is 1. The van der Waals surface area contributed by atoms with E-state index in [0.29, 0.717) is 18.6 Å². The Morgan fingerprint density at radius 3 is 2.70 bits per heavy atom. The van der Waals surface area contributed by atoms with Crippen molar-refractivity contribution in [2.45, 2.75) is 51.9 Å². The van der Waals surface area contributed by atoms with E-state index in [1.165, 1.54) is 0 Å². The maximum absolute atomic E-state index is 13.8. The number of fused-ring (bicyclic) bond motifs is 1. The van der Waals surface area contributed by atoms with Crippen molar-refractivity contribution in [3.63, 3.8) is 0 Å². The first-order chi connectivity index (χ1) is 12.5. The van der Waals surface area contributed by atoms with Gasteiger partial charge in [0.2, 0.25) is 0 Å². The second-order valence-electron chi connectivity index (χ2n) is 7.49. The van der Waals surface area contributed by atoms with E-state index < -0.39 is 30.3 Å². The third-order valence-corrected chi connectivity index (χ3v) is 5.46.